The third-order valence-electron chi connectivity index (χ3n) is 4.56. The second-order valence-electron chi connectivity index (χ2n) is 5.89. The lowest BCUT2D eigenvalue weighted by molar-refractivity contribution is 0.0752. The van der Waals surface area contributed by atoms with E-state index in [1.807, 2.05) is 6.92 Å². The zero-order chi connectivity index (χ0) is 17.6. The SMILES string of the molecule is CCN1C(=O)c2[nH]nc(-c3ccccc3O)c2[C@H]1c1ccccc1F. The Labute approximate surface area is 143 Å². The minimum atomic E-state index is -0.581. The van der Waals surface area contributed by atoms with Crippen LogP contribution in [0.4, 0.5) is 4.39 Å². The van der Waals surface area contributed by atoms with Crippen LogP contribution in [0.3, 0.4) is 0 Å². The van der Waals surface area contributed by atoms with Crippen LogP contribution in [0.1, 0.15) is 34.6 Å². The summed E-state index contributed by atoms with van der Waals surface area (Å²) >= 11 is 0. The number of rotatable bonds is 3. The van der Waals surface area contributed by atoms with Gasteiger partial charge in [-0.05, 0) is 25.1 Å². The van der Waals surface area contributed by atoms with Gasteiger partial charge in [-0.1, -0.05) is 30.3 Å². The second-order valence-corrected chi connectivity index (χ2v) is 5.89. The first-order valence-electron chi connectivity index (χ1n) is 8.05. The quantitative estimate of drug-likeness (QED) is 0.769. The number of aromatic nitrogens is 2. The third kappa shape index (κ3) is 2.21. The highest BCUT2D eigenvalue weighted by Gasteiger charge is 2.42. The zero-order valence-corrected chi connectivity index (χ0v) is 13.5. The van der Waals surface area contributed by atoms with Crippen LogP contribution in [0, 0.1) is 5.82 Å². The molecule has 0 unspecified atom stereocenters. The molecule has 5 nitrogen and oxygen atoms in total. The number of aromatic amines is 1. The molecule has 2 N–H and O–H groups in total. The van der Waals surface area contributed by atoms with Crippen LogP contribution < -0.4 is 0 Å². The molecule has 0 radical (unpaired) electrons. The number of hydrogen-bond acceptors (Lipinski definition) is 3. The summed E-state index contributed by atoms with van der Waals surface area (Å²) in [7, 11) is 0. The third-order valence-corrected chi connectivity index (χ3v) is 4.56. The van der Waals surface area contributed by atoms with Crippen LogP contribution in [0.2, 0.25) is 0 Å². The van der Waals surface area contributed by atoms with E-state index < -0.39 is 6.04 Å². The van der Waals surface area contributed by atoms with E-state index in [1.165, 1.54) is 6.07 Å². The number of halogens is 1. The second kappa shape index (κ2) is 5.73. The van der Waals surface area contributed by atoms with Gasteiger partial charge in [-0.25, -0.2) is 4.39 Å². The molecule has 3 aromatic rings. The molecule has 0 bridgehead atoms. The monoisotopic (exact) mass is 337 g/mol. The standard InChI is InChI=1S/C19H16FN3O2/c1-2-23-18(11-7-3-5-9-13(11)20)15-16(21-22-17(15)19(23)25)12-8-4-6-10-14(12)24/h3-10,18,24H,2H2,1H3,(H,21,22)/t18-/m1/s1. The Kier molecular flexibility index (Phi) is 3.53. The first-order chi connectivity index (χ1) is 12.1. The van der Waals surface area contributed by atoms with E-state index in [0.717, 1.165) is 0 Å². The number of hydrogen-bond donors (Lipinski definition) is 2. The number of para-hydroxylation sites is 1. The summed E-state index contributed by atoms with van der Waals surface area (Å²) in [5.41, 5.74) is 2.32. The lowest BCUT2D eigenvalue weighted by Crippen LogP contribution is -2.29. The van der Waals surface area contributed by atoms with Gasteiger partial charge in [0.2, 0.25) is 0 Å². The number of nitrogens with zero attached hydrogens (tertiary/aromatic N) is 2. The molecule has 0 fully saturated rings. The molecule has 2 heterocycles. The number of aromatic hydroxyl groups is 1. The van der Waals surface area contributed by atoms with Crippen molar-refractivity contribution in [3.05, 3.63) is 71.2 Å². The number of carbonyl (C=O) groups excluding carboxylic acids is 1. The van der Waals surface area contributed by atoms with Crippen LogP contribution in [0.5, 0.6) is 5.75 Å². The topological polar surface area (TPSA) is 69.2 Å². The summed E-state index contributed by atoms with van der Waals surface area (Å²) < 4.78 is 14.5. The lowest BCUT2D eigenvalue weighted by Gasteiger charge is -2.25. The van der Waals surface area contributed by atoms with Crippen molar-refractivity contribution in [2.45, 2.75) is 13.0 Å². The van der Waals surface area contributed by atoms with E-state index in [2.05, 4.69) is 10.2 Å². The minimum absolute atomic E-state index is 0.0616. The average molecular weight is 337 g/mol. The molecule has 4 rings (SSSR count). The fraction of sp³-hybridized carbons (Fsp3) is 0.158. The predicted molar refractivity (Wildman–Crippen MR) is 90.6 cm³/mol. The summed E-state index contributed by atoms with van der Waals surface area (Å²) in [6, 6.07) is 12.6. The van der Waals surface area contributed by atoms with E-state index in [0.29, 0.717) is 34.6 Å². The molecule has 1 aromatic heterocycles. The van der Waals surface area contributed by atoms with Crippen molar-refractivity contribution in [1.82, 2.24) is 15.1 Å². The van der Waals surface area contributed by atoms with Crippen LogP contribution in [-0.4, -0.2) is 32.7 Å². The van der Waals surface area contributed by atoms with Crippen molar-refractivity contribution in [2.75, 3.05) is 6.54 Å². The summed E-state index contributed by atoms with van der Waals surface area (Å²) in [6.07, 6.45) is 0. The molecule has 0 saturated carbocycles. The molecular weight excluding hydrogens is 321 g/mol. The molecule has 1 aliphatic heterocycles. The summed E-state index contributed by atoms with van der Waals surface area (Å²) in [5.74, 6) is -0.539. The summed E-state index contributed by atoms with van der Waals surface area (Å²) in [5, 5.41) is 17.2. The Morgan fingerprint density at radius 3 is 2.64 bits per heavy atom. The number of carbonyl (C=O) groups is 1. The molecule has 0 saturated heterocycles. The Hall–Kier alpha value is -3.15. The van der Waals surface area contributed by atoms with E-state index in [9.17, 15) is 14.3 Å². The number of phenolic OH excluding ortho intramolecular Hbond substituents is 1. The van der Waals surface area contributed by atoms with Gasteiger partial charge in [-0.2, -0.15) is 5.10 Å². The molecule has 6 heteroatoms. The van der Waals surface area contributed by atoms with Crippen LogP contribution in [0.25, 0.3) is 11.3 Å². The maximum Gasteiger partial charge on any atom is 0.273 e. The summed E-state index contributed by atoms with van der Waals surface area (Å²) in [4.78, 5) is 14.3. The van der Waals surface area contributed by atoms with Crippen molar-refractivity contribution >= 4 is 5.91 Å². The molecule has 25 heavy (non-hydrogen) atoms. The number of benzene rings is 2. The summed E-state index contributed by atoms with van der Waals surface area (Å²) in [6.45, 7) is 2.28. The van der Waals surface area contributed by atoms with Gasteiger partial charge in [0.05, 0.1) is 6.04 Å². The molecule has 1 atom stereocenters. The highest BCUT2D eigenvalue weighted by Crippen LogP contribution is 2.44. The predicted octanol–water partition coefficient (Wildman–Crippen LogP) is 3.49. The van der Waals surface area contributed by atoms with Gasteiger partial charge in [-0.3, -0.25) is 9.89 Å². The molecular formula is C19H16FN3O2. The van der Waals surface area contributed by atoms with Gasteiger partial charge in [0.15, 0.2) is 0 Å². The number of fused-ring (bicyclic) bond motifs is 1. The Bertz CT molecular complexity index is 967. The number of H-pyrrole nitrogens is 1. The van der Waals surface area contributed by atoms with Gasteiger partial charge in [0.25, 0.3) is 5.91 Å². The maximum absolute atomic E-state index is 14.5. The number of nitrogens with one attached hydrogen (secondary N) is 1. The fourth-order valence-electron chi connectivity index (χ4n) is 3.42. The molecule has 1 amide bonds. The van der Waals surface area contributed by atoms with E-state index in [-0.39, 0.29) is 17.5 Å². The largest absolute Gasteiger partial charge is 0.507 e. The highest BCUT2D eigenvalue weighted by atomic mass is 19.1. The van der Waals surface area contributed by atoms with Crippen molar-refractivity contribution in [3.8, 4) is 17.0 Å². The molecule has 0 aliphatic carbocycles. The van der Waals surface area contributed by atoms with Crippen LogP contribution in [-0.2, 0) is 0 Å². The normalized spacial score (nSPS) is 16.3. The molecule has 2 aromatic carbocycles. The highest BCUT2D eigenvalue weighted by molar-refractivity contribution is 6.00. The first kappa shape index (κ1) is 15.4. The van der Waals surface area contributed by atoms with Crippen LogP contribution in [0.15, 0.2) is 48.5 Å². The smallest absolute Gasteiger partial charge is 0.273 e. The van der Waals surface area contributed by atoms with E-state index in [4.69, 9.17) is 0 Å². The number of amides is 1. The Balaban J connectivity index is 1.97. The fourth-order valence-corrected chi connectivity index (χ4v) is 3.42. The van der Waals surface area contributed by atoms with Gasteiger partial charge in [0.1, 0.15) is 23.0 Å². The lowest BCUT2D eigenvalue weighted by atomic mass is 9.95. The van der Waals surface area contributed by atoms with Crippen molar-refractivity contribution < 1.29 is 14.3 Å². The van der Waals surface area contributed by atoms with Gasteiger partial charge in [-0.15, -0.1) is 0 Å². The van der Waals surface area contributed by atoms with Gasteiger partial charge in [0, 0.05) is 23.2 Å². The zero-order valence-electron chi connectivity index (χ0n) is 13.5. The first-order valence-corrected chi connectivity index (χ1v) is 8.05. The van der Waals surface area contributed by atoms with E-state index >= 15 is 0 Å². The van der Waals surface area contributed by atoms with Crippen LogP contribution >= 0.6 is 0 Å². The molecule has 126 valence electrons. The molecule has 1 aliphatic rings. The molecule has 0 spiro atoms. The maximum atomic E-state index is 14.5. The average Bonchev–Trinajstić information content (AvgIpc) is 3.15. The van der Waals surface area contributed by atoms with Crippen molar-refractivity contribution in [1.29, 1.82) is 0 Å². The minimum Gasteiger partial charge on any atom is -0.507 e. The number of phenols is 1. The Morgan fingerprint density at radius 2 is 1.92 bits per heavy atom. The Morgan fingerprint density at radius 1 is 1.20 bits per heavy atom. The van der Waals surface area contributed by atoms with E-state index in [1.54, 1.807) is 47.4 Å². The van der Waals surface area contributed by atoms with Gasteiger partial charge < -0.3 is 10.0 Å². The van der Waals surface area contributed by atoms with Gasteiger partial charge >= 0.3 is 0 Å². The van der Waals surface area contributed by atoms with Crippen molar-refractivity contribution in [2.24, 2.45) is 0 Å². The van der Waals surface area contributed by atoms with Crippen molar-refractivity contribution in [3.63, 3.8) is 0 Å².